The van der Waals surface area contributed by atoms with Crippen molar-refractivity contribution in [1.82, 2.24) is 10.2 Å². The number of carbonyl (C=O) groups excluding carboxylic acids is 1. The molecule has 0 spiro atoms. The molecule has 0 aliphatic rings. The Morgan fingerprint density at radius 3 is 2.25 bits per heavy atom. The van der Waals surface area contributed by atoms with Gasteiger partial charge in [-0.25, -0.2) is 4.79 Å². The van der Waals surface area contributed by atoms with E-state index in [9.17, 15) is 9.26 Å². The molecule has 0 heterocycles. The summed E-state index contributed by atoms with van der Waals surface area (Å²) in [5.74, 6) is 0. The minimum atomic E-state index is -1.39. The number of nitrogens with one attached hydrogen (secondary N) is 1. The van der Waals surface area contributed by atoms with Crippen molar-refractivity contribution < 1.29 is 9.26 Å². The highest BCUT2D eigenvalue weighted by Gasteiger charge is 2.10. The summed E-state index contributed by atoms with van der Waals surface area (Å²) in [5, 5.41) is 2.87. The lowest BCUT2D eigenvalue weighted by Crippen LogP contribution is -2.41. The van der Waals surface area contributed by atoms with Gasteiger partial charge < -0.3 is 14.7 Å². The number of rotatable bonds is 8. The Hall–Kier alpha value is -0.713. The van der Waals surface area contributed by atoms with Gasteiger partial charge in [0.15, 0.2) is 0 Å². The van der Waals surface area contributed by atoms with Gasteiger partial charge in [0.2, 0.25) is 0 Å². The highest BCUT2D eigenvalue weighted by Crippen LogP contribution is 1.96. The van der Waals surface area contributed by atoms with Crippen LogP contribution in [-0.4, -0.2) is 39.2 Å². The highest BCUT2D eigenvalue weighted by molar-refractivity contribution is 6.40. The maximum atomic E-state index is 11.7. The summed E-state index contributed by atoms with van der Waals surface area (Å²) in [5.41, 5.74) is 0. The molecular weight excluding hydrogens is 220 g/mol. The molecule has 2 amide bonds. The van der Waals surface area contributed by atoms with Crippen molar-refractivity contribution in [1.29, 1.82) is 0 Å². The van der Waals surface area contributed by atoms with Crippen molar-refractivity contribution >= 4 is 14.7 Å². The van der Waals surface area contributed by atoms with E-state index in [2.05, 4.69) is 19.2 Å². The molecule has 1 N–H and O–H groups in total. The van der Waals surface area contributed by atoms with E-state index in [1.54, 1.807) is 6.55 Å². The van der Waals surface area contributed by atoms with E-state index in [1.165, 1.54) is 0 Å². The molecule has 0 aromatic rings. The lowest BCUT2D eigenvalue weighted by molar-refractivity contribution is 0.198. The highest BCUT2D eigenvalue weighted by atomic mass is 28.3. The predicted octanol–water partition coefficient (Wildman–Crippen LogP) is 2.26. The molecule has 0 unspecified atom stereocenters. The maximum absolute atomic E-state index is 11.7. The summed E-state index contributed by atoms with van der Waals surface area (Å²) < 4.78 is 10.9. The number of urea groups is 1. The van der Waals surface area contributed by atoms with Crippen LogP contribution in [0.15, 0.2) is 0 Å². The monoisotopic (exact) mass is 244 g/mol. The van der Waals surface area contributed by atoms with Gasteiger partial charge in [-0.05, 0) is 31.9 Å². The molecule has 0 bridgehead atoms. The normalized spacial score (nSPS) is 9.94. The predicted molar refractivity (Wildman–Crippen MR) is 67.3 cm³/mol. The summed E-state index contributed by atoms with van der Waals surface area (Å²) in [4.78, 5) is 13.6. The van der Waals surface area contributed by atoms with Gasteiger partial charge in [0.05, 0.1) is 0 Å². The van der Waals surface area contributed by atoms with Crippen LogP contribution in [0.3, 0.4) is 0 Å². The van der Waals surface area contributed by atoms with Gasteiger partial charge in [-0.2, -0.15) is 0 Å². The van der Waals surface area contributed by atoms with Crippen LogP contribution in [0.1, 0.15) is 33.1 Å². The molecule has 0 aliphatic carbocycles. The number of hydrogen-bond acceptors (Lipinski definition) is 2. The van der Waals surface area contributed by atoms with E-state index in [1.807, 2.05) is 4.90 Å². The molecule has 0 rings (SSSR count). The second-order valence-electron chi connectivity index (χ2n) is 4.02. The first-order chi connectivity index (χ1) is 7.61. The van der Waals surface area contributed by atoms with Crippen LogP contribution in [0.5, 0.6) is 0 Å². The first-order valence-electron chi connectivity index (χ1n) is 6.14. The smallest absolute Gasteiger partial charge is 0.317 e. The van der Waals surface area contributed by atoms with Crippen molar-refractivity contribution in [2.24, 2.45) is 0 Å². The van der Waals surface area contributed by atoms with Crippen molar-refractivity contribution in [2.75, 3.05) is 19.6 Å². The molecule has 4 nitrogen and oxygen atoms in total. The standard InChI is InChI=1S/C11H24N2O2Si/c1-4-8-13(9-5-2)11(14)12-7-6-10-16(3)15/h4-10H2,1-3H3,(H,12,14). The van der Waals surface area contributed by atoms with Gasteiger partial charge in [-0.3, -0.25) is 0 Å². The Kier molecular flexibility index (Phi) is 9.08. The fraction of sp³-hybridized carbons (Fsp3) is 0.909. The summed E-state index contributed by atoms with van der Waals surface area (Å²) in [6, 6.07) is 0.742. The van der Waals surface area contributed by atoms with Gasteiger partial charge in [0.1, 0.15) is 0 Å². The van der Waals surface area contributed by atoms with Gasteiger partial charge in [-0.15, -0.1) is 0 Å². The molecule has 94 valence electrons. The van der Waals surface area contributed by atoms with Crippen LogP contribution in [0, 0.1) is 0 Å². The molecule has 0 radical (unpaired) electrons. The van der Waals surface area contributed by atoms with Crippen molar-refractivity contribution in [3.63, 3.8) is 0 Å². The molecule has 0 aromatic heterocycles. The van der Waals surface area contributed by atoms with Crippen LogP contribution in [0.25, 0.3) is 0 Å². The van der Waals surface area contributed by atoms with Gasteiger partial charge in [0, 0.05) is 19.6 Å². The van der Waals surface area contributed by atoms with E-state index < -0.39 is 8.68 Å². The Labute approximate surface area is 100 Å². The Bertz CT molecular complexity index is 216. The molecule has 0 fully saturated rings. The third-order valence-electron chi connectivity index (χ3n) is 2.26. The van der Waals surface area contributed by atoms with E-state index in [0.29, 0.717) is 6.54 Å². The van der Waals surface area contributed by atoms with Crippen LogP contribution < -0.4 is 5.32 Å². The second kappa shape index (κ2) is 9.51. The zero-order valence-electron chi connectivity index (χ0n) is 10.7. The summed E-state index contributed by atoms with van der Waals surface area (Å²) in [7, 11) is -1.39. The van der Waals surface area contributed by atoms with Crippen LogP contribution in [0.4, 0.5) is 4.79 Å². The Balaban J connectivity index is 3.77. The molecule has 0 atom stereocenters. The summed E-state index contributed by atoms with van der Waals surface area (Å²) in [6.07, 6.45) is 2.78. The quantitative estimate of drug-likeness (QED) is 0.526. The molecule has 0 saturated carbocycles. The molecule has 0 saturated heterocycles. The van der Waals surface area contributed by atoms with E-state index in [4.69, 9.17) is 0 Å². The van der Waals surface area contributed by atoms with Gasteiger partial charge >= 0.3 is 6.03 Å². The van der Waals surface area contributed by atoms with Gasteiger partial charge in [0.25, 0.3) is 8.68 Å². The van der Waals surface area contributed by atoms with Gasteiger partial charge in [-0.1, -0.05) is 13.8 Å². The van der Waals surface area contributed by atoms with Crippen molar-refractivity contribution in [3.8, 4) is 0 Å². The lowest BCUT2D eigenvalue weighted by atomic mass is 10.3. The zero-order chi connectivity index (χ0) is 12.4. The summed E-state index contributed by atoms with van der Waals surface area (Å²) >= 11 is 0. The topological polar surface area (TPSA) is 49.4 Å². The SMILES string of the molecule is CCCN(CCC)C(=O)NCCC[Si](C)=O. The van der Waals surface area contributed by atoms with Crippen molar-refractivity contribution in [2.45, 2.75) is 45.7 Å². The van der Waals surface area contributed by atoms with E-state index >= 15 is 0 Å². The number of nitrogens with zero attached hydrogens (tertiary/aromatic N) is 1. The van der Waals surface area contributed by atoms with Crippen LogP contribution in [0.2, 0.25) is 12.6 Å². The van der Waals surface area contributed by atoms with E-state index in [-0.39, 0.29) is 6.03 Å². The molecule has 0 aliphatic heterocycles. The number of hydrogen-bond donors (Lipinski definition) is 1. The first kappa shape index (κ1) is 15.3. The summed E-state index contributed by atoms with van der Waals surface area (Å²) in [6.45, 7) is 8.15. The largest absolute Gasteiger partial charge is 0.389 e. The number of carbonyl (C=O) groups is 1. The minimum Gasteiger partial charge on any atom is -0.389 e. The van der Waals surface area contributed by atoms with Crippen molar-refractivity contribution in [3.05, 3.63) is 0 Å². The Morgan fingerprint density at radius 1 is 1.25 bits per heavy atom. The zero-order valence-corrected chi connectivity index (χ0v) is 11.7. The molecule has 16 heavy (non-hydrogen) atoms. The van der Waals surface area contributed by atoms with Crippen LogP contribution >= 0.6 is 0 Å². The lowest BCUT2D eigenvalue weighted by Gasteiger charge is -2.21. The minimum absolute atomic E-state index is 0.0134. The third kappa shape index (κ3) is 7.56. The maximum Gasteiger partial charge on any atom is 0.317 e. The fourth-order valence-electron chi connectivity index (χ4n) is 1.50. The fourth-order valence-corrected chi connectivity index (χ4v) is 2.17. The molecular formula is C11H24N2O2Si. The first-order valence-corrected chi connectivity index (χ1v) is 8.25. The Morgan fingerprint density at radius 2 is 1.81 bits per heavy atom. The second-order valence-corrected chi connectivity index (χ2v) is 5.93. The molecule has 5 heteroatoms. The average Bonchev–Trinajstić information content (AvgIpc) is 2.23. The van der Waals surface area contributed by atoms with E-state index in [0.717, 1.165) is 38.4 Å². The third-order valence-corrected chi connectivity index (χ3v) is 3.31. The number of amides is 2. The average molecular weight is 244 g/mol. The van der Waals surface area contributed by atoms with Crippen LogP contribution in [-0.2, 0) is 4.46 Å². The molecule has 0 aromatic carbocycles.